The van der Waals surface area contributed by atoms with Gasteiger partial charge < -0.3 is 5.32 Å². The molecule has 0 saturated heterocycles. The zero-order valence-corrected chi connectivity index (χ0v) is 12.1. The quantitative estimate of drug-likeness (QED) is 0.604. The summed E-state index contributed by atoms with van der Waals surface area (Å²) in [4.78, 5) is 7.78. The van der Waals surface area contributed by atoms with Gasteiger partial charge >= 0.3 is 0 Å². The van der Waals surface area contributed by atoms with E-state index in [1.165, 1.54) is 24.3 Å². The van der Waals surface area contributed by atoms with Crippen molar-refractivity contribution in [3.05, 3.63) is 40.8 Å². The van der Waals surface area contributed by atoms with E-state index in [4.69, 9.17) is 4.99 Å². The number of para-hydroxylation sites is 1. The average Bonchev–Trinajstić information content (AvgIpc) is 3.02. The summed E-state index contributed by atoms with van der Waals surface area (Å²) < 4.78 is 0. The fourth-order valence-electron chi connectivity index (χ4n) is 2.30. The fraction of sp³-hybridized carbons (Fsp3) is 0.231. The van der Waals surface area contributed by atoms with Gasteiger partial charge in [-0.2, -0.15) is 0 Å². The maximum atomic E-state index is 4.81. The van der Waals surface area contributed by atoms with Gasteiger partial charge in [0.25, 0.3) is 0 Å². The zero-order chi connectivity index (χ0) is 11.9. The summed E-state index contributed by atoms with van der Waals surface area (Å²) in [5.41, 5.74) is 2.68. The van der Waals surface area contributed by atoms with Crippen LogP contribution in [0.5, 0.6) is 0 Å². The summed E-state index contributed by atoms with van der Waals surface area (Å²) in [6.45, 7) is 0. The second kappa shape index (κ2) is 4.47. The number of amidine groups is 1. The minimum atomic E-state index is 0.229. The molecular weight excluding hydrogens is 280 g/mol. The maximum Gasteiger partial charge on any atom is 0.178 e. The molecule has 2 aliphatic heterocycles. The Morgan fingerprint density at radius 1 is 1.11 bits per heavy atom. The molecule has 18 heavy (non-hydrogen) atoms. The molecule has 0 bridgehead atoms. The molecule has 2 heterocycles. The number of anilines is 1. The Kier molecular flexibility index (Phi) is 2.78. The van der Waals surface area contributed by atoms with Crippen molar-refractivity contribution in [2.75, 3.05) is 5.32 Å². The monoisotopic (exact) mass is 292 g/mol. The summed E-state index contributed by atoms with van der Waals surface area (Å²) in [5.74, 6) is 0. The molecule has 1 atom stereocenters. The first kappa shape index (κ1) is 11.2. The second-order valence-electron chi connectivity index (χ2n) is 4.37. The second-order valence-corrected chi connectivity index (χ2v) is 10.1. The normalized spacial score (nSPS) is 25.2. The third-order valence-electron chi connectivity index (χ3n) is 3.14. The third kappa shape index (κ3) is 1.85. The fourth-order valence-corrected chi connectivity index (χ4v) is 9.15. The number of aliphatic imine (C=N–C) groups is 1. The van der Waals surface area contributed by atoms with Crippen LogP contribution < -0.4 is 5.32 Å². The van der Waals surface area contributed by atoms with E-state index in [0.29, 0.717) is 0 Å². The summed E-state index contributed by atoms with van der Waals surface area (Å²) >= 11 is 0. The highest BCUT2D eigenvalue weighted by Crippen LogP contribution is 2.61. The number of fused-ring (bicyclic) bond motifs is 1. The Balaban J connectivity index is 1.56. The molecule has 1 aromatic rings. The Morgan fingerprint density at radius 3 is 2.89 bits per heavy atom. The molecule has 0 saturated carbocycles. The predicted octanol–water partition coefficient (Wildman–Crippen LogP) is 4.61. The van der Waals surface area contributed by atoms with E-state index in [0.717, 1.165) is 10.9 Å². The Bertz CT molecular complexity index is 602. The number of rotatable bonds is 1. The Hall–Kier alpha value is -0.650. The molecule has 0 spiro atoms. The predicted molar refractivity (Wildman–Crippen MR) is 86.2 cm³/mol. The lowest BCUT2D eigenvalue weighted by Gasteiger charge is -2.06. The van der Waals surface area contributed by atoms with Crippen molar-refractivity contribution in [3.8, 4) is 0 Å². The van der Waals surface area contributed by atoms with Crippen LogP contribution in [0.4, 0.5) is 5.69 Å². The third-order valence-corrected chi connectivity index (χ3v) is 9.26. The van der Waals surface area contributed by atoms with Gasteiger partial charge in [-0.3, -0.25) is 0 Å². The first-order valence-electron chi connectivity index (χ1n) is 6.01. The molecule has 0 aromatic heterocycles. The molecule has 1 aliphatic carbocycles. The van der Waals surface area contributed by atoms with E-state index in [1.807, 2.05) is 39.8 Å². The van der Waals surface area contributed by atoms with E-state index in [9.17, 15) is 0 Å². The molecule has 2 nitrogen and oxygen atoms in total. The first-order chi connectivity index (χ1) is 8.90. The number of hydrogen-bond acceptors (Lipinski definition) is 4. The van der Waals surface area contributed by atoms with Crippen LogP contribution in [-0.2, 0) is 0 Å². The van der Waals surface area contributed by atoms with Gasteiger partial charge in [-0.05, 0) is 56.3 Å². The Morgan fingerprint density at radius 2 is 2.00 bits per heavy atom. The maximum absolute atomic E-state index is 4.81. The van der Waals surface area contributed by atoms with Crippen LogP contribution in [0.2, 0.25) is 0 Å². The minimum Gasteiger partial charge on any atom is -0.334 e. The average molecular weight is 292 g/mol. The first-order valence-corrected chi connectivity index (χ1v) is 9.90. The lowest BCUT2D eigenvalue weighted by atomic mass is 10.2. The smallest absolute Gasteiger partial charge is 0.178 e. The molecule has 1 unspecified atom stereocenters. The van der Waals surface area contributed by atoms with Crippen LogP contribution in [0, 0.1) is 0 Å². The molecule has 5 heteroatoms. The number of nitrogens with zero attached hydrogens (tertiary/aromatic N) is 1. The standard InChI is InChI=1S/C13H12N2S3/c1-2-5-9(6-3-1)14-13-15-12-10-7-4-8-11(10)16-18(12)17-13/h1-3,5-6H,4,7-8H2,(H,14,15). The molecule has 0 radical (unpaired) electrons. The van der Waals surface area contributed by atoms with Crippen molar-refractivity contribution in [2.24, 2.45) is 4.99 Å². The molecule has 1 N–H and O–H groups in total. The van der Waals surface area contributed by atoms with Crippen LogP contribution >= 0.6 is 30.1 Å². The molecule has 92 valence electrons. The molecule has 0 amide bonds. The van der Waals surface area contributed by atoms with E-state index < -0.39 is 0 Å². The van der Waals surface area contributed by atoms with Gasteiger partial charge in [0.15, 0.2) is 5.17 Å². The van der Waals surface area contributed by atoms with E-state index in [1.54, 1.807) is 10.5 Å². The lowest BCUT2D eigenvalue weighted by molar-refractivity contribution is 0.917. The van der Waals surface area contributed by atoms with Crippen molar-refractivity contribution in [1.29, 1.82) is 0 Å². The van der Waals surface area contributed by atoms with Gasteiger partial charge in [0.2, 0.25) is 0 Å². The van der Waals surface area contributed by atoms with Gasteiger partial charge in [-0.15, -0.1) is 0 Å². The largest absolute Gasteiger partial charge is 0.334 e. The van der Waals surface area contributed by atoms with Gasteiger partial charge in [-0.25, -0.2) is 4.99 Å². The highest BCUT2D eigenvalue weighted by Gasteiger charge is 2.33. The SMILES string of the molecule is c1ccc(NC2=NC3=S(S2)SC2=C3CCC2)cc1. The Labute approximate surface area is 116 Å². The van der Waals surface area contributed by atoms with Crippen molar-refractivity contribution in [3.63, 3.8) is 0 Å². The van der Waals surface area contributed by atoms with Crippen LogP contribution in [0.3, 0.4) is 0 Å². The molecule has 0 fully saturated rings. The summed E-state index contributed by atoms with van der Waals surface area (Å²) in [7, 11) is 4.16. The van der Waals surface area contributed by atoms with E-state index in [2.05, 4.69) is 17.4 Å². The van der Waals surface area contributed by atoms with Gasteiger partial charge in [0, 0.05) is 10.6 Å². The lowest BCUT2D eigenvalue weighted by Crippen LogP contribution is -2.06. The van der Waals surface area contributed by atoms with E-state index >= 15 is 0 Å². The van der Waals surface area contributed by atoms with Gasteiger partial charge in [0.05, 0.1) is 0 Å². The van der Waals surface area contributed by atoms with Crippen molar-refractivity contribution >= 4 is 46.0 Å². The highest BCUT2D eigenvalue weighted by atomic mass is 33.5. The van der Waals surface area contributed by atoms with Gasteiger partial charge in [-0.1, -0.05) is 29.0 Å². The van der Waals surface area contributed by atoms with Crippen molar-refractivity contribution in [1.82, 2.24) is 0 Å². The number of benzene rings is 1. The molecule has 1 aromatic carbocycles. The topological polar surface area (TPSA) is 24.4 Å². The minimum absolute atomic E-state index is 0.229. The summed E-state index contributed by atoms with van der Waals surface area (Å²) in [6.07, 6.45) is 3.84. The summed E-state index contributed by atoms with van der Waals surface area (Å²) in [5, 5.41) is 4.47. The van der Waals surface area contributed by atoms with Crippen molar-refractivity contribution < 1.29 is 0 Å². The zero-order valence-electron chi connectivity index (χ0n) is 9.68. The van der Waals surface area contributed by atoms with Crippen LogP contribution in [0.15, 0.2) is 45.8 Å². The van der Waals surface area contributed by atoms with E-state index in [-0.39, 0.29) is 8.55 Å². The van der Waals surface area contributed by atoms with Crippen LogP contribution in [0.25, 0.3) is 0 Å². The van der Waals surface area contributed by atoms with Gasteiger partial charge in [0.1, 0.15) is 4.99 Å². The van der Waals surface area contributed by atoms with Crippen molar-refractivity contribution in [2.45, 2.75) is 19.3 Å². The molecule has 3 aliphatic rings. The molecule has 4 rings (SSSR count). The van der Waals surface area contributed by atoms with Crippen LogP contribution in [0.1, 0.15) is 19.3 Å². The number of hydrogen-bond donors (Lipinski definition) is 1. The number of nitrogens with one attached hydrogen (secondary N) is 1. The summed E-state index contributed by atoms with van der Waals surface area (Å²) in [6, 6.07) is 10.3. The highest BCUT2D eigenvalue weighted by molar-refractivity contribution is 9.19. The van der Waals surface area contributed by atoms with Crippen LogP contribution in [-0.4, -0.2) is 10.2 Å². The molecular formula is C13H12N2S3. The number of allylic oxidation sites excluding steroid dienone is 1.